The summed E-state index contributed by atoms with van der Waals surface area (Å²) in [6, 6.07) is -0.595. The first-order chi connectivity index (χ1) is 8.96. The van der Waals surface area contributed by atoms with Crippen molar-refractivity contribution in [3.63, 3.8) is 0 Å². The van der Waals surface area contributed by atoms with E-state index in [4.69, 9.17) is 19.9 Å². The van der Waals surface area contributed by atoms with Crippen molar-refractivity contribution in [1.82, 2.24) is 5.32 Å². The third-order valence-corrected chi connectivity index (χ3v) is 2.69. The first-order valence-corrected chi connectivity index (χ1v) is 6.99. The van der Waals surface area contributed by atoms with Crippen LogP contribution < -0.4 is 11.1 Å². The molecule has 1 saturated heterocycles. The van der Waals surface area contributed by atoms with E-state index >= 15 is 0 Å². The van der Waals surface area contributed by atoms with Crippen LogP contribution in [0.25, 0.3) is 0 Å². The zero-order chi connectivity index (χ0) is 15.6. The monoisotopic (exact) mass is 288 g/mol. The van der Waals surface area contributed by atoms with Crippen LogP contribution in [0.2, 0.25) is 0 Å². The van der Waals surface area contributed by atoms with Crippen LogP contribution in [0.5, 0.6) is 0 Å². The Hall–Kier alpha value is -0.850. The molecule has 3 atom stereocenters. The molecule has 1 rings (SSSR count). The maximum absolute atomic E-state index is 10.9. The molecule has 0 radical (unpaired) electrons. The second-order valence-corrected chi connectivity index (χ2v) is 7.10. The lowest BCUT2D eigenvalue weighted by molar-refractivity contribution is -0.128. The minimum absolute atomic E-state index is 0.130. The van der Waals surface area contributed by atoms with E-state index in [-0.39, 0.29) is 23.4 Å². The van der Waals surface area contributed by atoms with Gasteiger partial charge in [-0.15, -0.1) is 0 Å². The minimum Gasteiger partial charge on any atom is -0.373 e. The van der Waals surface area contributed by atoms with Gasteiger partial charge in [-0.2, -0.15) is 0 Å². The van der Waals surface area contributed by atoms with Gasteiger partial charge < -0.3 is 25.3 Å². The number of nitrogens with two attached hydrogens (primary N) is 1. The molecule has 0 aromatic heterocycles. The summed E-state index contributed by atoms with van der Waals surface area (Å²) in [5, 5.41) is 2.57. The molecule has 1 aliphatic heterocycles. The molecular weight excluding hydrogens is 260 g/mol. The molecule has 118 valence electrons. The van der Waals surface area contributed by atoms with Gasteiger partial charge in [-0.3, -0.25) is 0 Å². The minimum atomic E-state index is -0.595. The number of ether oxygens (including phenoxy) is 3. The number of hydrogen-bond donors (Lipinski definition) is 2. The second-order valence-electron chi connectivity index (χ2n) is 7.10. The van der Waals surface area contributed by atoms with Crippen LogP contribution in [0.1, 0.15) is 48.0 Å². The molecule has 0 unspecified atom stereocenters. The van der Waals surface area contributed by atoms with E-state index in [1.807, 2.05) is 41.5 Å². The number of amides is 2. The summed E-state index contributed by atoms with van der Waals surface area (Å²) in [7, 11) is 0. The highest BCUT2D eigenvalue weighted by Gasteiger charge is 2.39. The van der Waals surface area contributed by atoms with Crippen LogP contribution >= 0.6 is 0 Å². The Morgan fingerprint density at radius 2 is 1.85 bits per heavy atom. The summed E-state index contributed by atoms with van der Waals surface area (Å²) >= 11 is 0. The van der Waals surface area contributed by atoms with Crippen molar-refractivity contribution >= 4 is 6.03 Å². The van der Waals surface area contributed by atoms with Crippen molar-refractivity contribution in [2.24, 2.45) is 5.73 Å². The van der Waals surface area contributed by atoms with E-state index in [2.05, 4.69) is 5.32 Å². The first kappa shape index (κ1) is 17.2. The lowest BCUT2D eigenvalue weighted by Gasteiger charge is -2.29. The van der Waals surface area contributed by atoms with Gasteiger partial charge in [-0.05, 0) is 41.5 Å². The summed E-state index contributed by atoms with van der Waals surface area (Å²) in [4.78, 5) is 10.9. The molecule has 1 fully saturated rings. The highest BCUT2D eigenvalue weighted by atomic mass is 16.6. The van der Waals surface area contributed by atoms with Crippen LogP contribution in [-0.4, -0.2) is 42.3 Å². The van der Waals surface area contributed by atoms with Gasteiger partial charge in [0.25, 0.3) is 0 Å². The number of nitrogens with one attached hydrogen (secondary N) is 1. The van der Waals surface area contributed by atoms with Gasteiger partial charge in [0.15, 0.2) is 0 Å². The summed E-state index contributed by atoms with van der Waals surface area (Å²) < 4.78 is 17.5. The van der Waals surface area contributed by atoms with Crippen LogP contribution in [-0.2, 0) is 14.2 Å². The van der Waals surface area contributed by atoms with Crippen LogP contribution in [0.15, 0.2) is 0 Å². The number of primary amides is 1. The van der Waals surface area contributed by atoms with Crippen molar-refractivity contribution in [3.8, 4) is 0 Å². The lowest BCUT2D eigenvalue weighted by Crippen LogP contribution is -2.39. The molecule has 3 N–H and O–H groups in total. The largest absolute Gasteiger partial charge is 0.373 e. The van der Waals surface area contributed by atoms with Gasteiger partial charge in [0, 0.05) is 6.42 Å². The molecule has 0 aromatic rings. The molecule has 0 bridgehead atoms. The Labute approximate surface area is 121 Å². The molecule has 20 heavy (non-hydrogen) atoms. The van der Waals surface area contributed by atoms with Gasteiger partial charge in [0.1, 0.15) is 12.3 Å². The fourth-order valence-corrected chi connectivity index (χ4v) is 2.03. The van der Waals surface area contributed by atoms with Gasteiger partial charge in [-0.25, -0.2) is 4.79 Å². The molecule has 1 aliphatic rings. The van der Waals surface area contributed by atoms with Crippen molar-refractivity contribution in [2.45, 2.75) is 77.6 Å². The van der Waals surface area contributed by atoms with E-state index in [0.717, 1.165) is 0 Å². The lowest BCUT2D eigenvalue weighted by atomic mass is 10.1. The Kier molecular flexibility index (Phi) is 5.40. The van der Waals surface area contributed by atoms with Crippen molar-refractivity contribution in [1.29, 1.82) is 0 Å². The summed E-state index contributed by atoms with van der Waals surface area (Å²) in [5.74, 6) is 0. The number of urea groups is 1. The smallest absolute Gasteiger partial charge is 0.314 e. The SMILES string of the molecule is CC(C)(C)OC[C@H]1O[C@@H](NC(N)=O)C[C@H]1OC(C)(C)C. The quantitative estimate of drug-likeness (QED) is 0.826. The predicted molar refractivity (Wildman–Crippen MR) is 76.3 cm³/mol. The molecular formula is C14H28N2O4. The zero-order valence-electron chi connectivity index (χ0n) is 13.4. The molecule has 0 spiro atoms. The second kappa shape index (κ2) is 6.28. The Balaban J connectivity index is 2.63. The Morgan fingerprint density at radius 3 is 2.30 bits per heavy atom. The van der Waals surface area contributed by atoms with E-state index < -0.39 is 12.3 Å². The van der Waals surface area contributed by atoms with Gasteiger partial charge in [0.05, 0.1) is 23.9 Å². The highest BCUT2D eigenvalue weighted by molar-refractivity contribution is 5.71. The summed E-state index contributed by atoms with van der Waals surface area (Å²) in [6.45, 7) is 12.3. The molecule has 2 amide bonds. The van der Waals surface area contributed by atoms with E-state index in [1.54, 1.807) is 0 Å². The van der Waals surface area contributed by atoms with E-state index in [9.17, 15) is 4.79 Å². The normalized spacial score (nSPS) is 27.6. The fourth-order valence-electron chi connectivity index (χ4n) is 2.03. The van der Waals surface area contributed by atoms with Crippen LogP contribution in [0.3, 0.4) is 0 Å². The number of rotatable bonds is 4. The van der Waals surface area contributed by atoms with Crippen molar-refractivity contribution in [3.05, 3.63) is 0 Å². The maximum atomic E-state index is 10.9. The predicted octanol–water partition coefficient (Wildman–Crippen LogP) is 1.77. The third-order valence-electron chi connectivity index (χ3n) is 2.69. The molecule has 6 nitrogen and oxygen atoms in total. The van der Waals surface area contributed by atoms with Crippen molar-refractivity contribution in [2.75, 3.05) is 6.61 Å². The summed E-state index contributed by atoms with van der Waals surface area (Å²) in [5.41, 5.74) is 4.60. The topological polar surface area (TPSA) is 82.8 Å². The molecule has 0 aromatic carbocycles. The third kappa shape index (κ3) is 6.54. The molecule has 6 heteroatoms. The Morgan fingerprint density at radius 1 is 1.25 bits per heavy atom. The molecule has 0 aliphatic carbocycles. The fraction of sp³-hybridized carbons (Fsp3) is 0.929. The number of carbonyl (C=O) groups excluding carboxylic acids is 1. The number of carbonyl (C=O) groups is 1. The van der Waals surface area contributed by atoms with Gasteiger partial charge in [0.2, 0.25) is 0 Å². The standard InChI is InChI=1S/C14H28N2O4/c1-13(2,3)18-8-10-9(20-14(4,5)6)7-11(19-10)16-12(15)17/h9-11H,7-8H2,1-6H3,(H3,15,16,17)/t9-,10-,11-/m1/s1. The summed E-state index contributed by atoms with van der Waals surface area (Å²) in [6.07, 6.45) is -0.203. The van der Waals surface area contributed by atoms with Gasteiger partial charge >= 0.3 is 6.03 Å². The van der Waals surface area contributed by atoms with E-state index in [0.29, 0.717) is 13.0 Å². The first-order valence-electron chi connectivity index (χ1n) is 6.99. The average Bonchev–Trinajstić information content (AvgIpc) is 2.52. The highest BCUT2D eigenvalue weighted by Crippen LogP contribution is 2.27. The van der Waals surface area contributed by atoms with Crippen molar-refractivity contribution < 1.29 is 19.0 Å². The van der Waals surface area contributed by atoms with E-state index in [1.165, 1.54) is 0 Å². The molecule has 0 saturated carbocycles. The number of hydrogen-bond acceptors (Lipinski definition) is 4. The van der Waals surface area contributed by atoms with Crippen LogP contribution in [0.4, 0.5) is 4.79 Å². The van der Waals surface area contributed by atoms with Crippen LogP contribution in [0, 0.1) is 0 Å². The average molecular weight is 288 g/mol. The zero-order valence-corrected chi connectivity index (χ0v) is 13.4. The van der Waals surface area contributed by atoms with Gasteiger partial charge in [-0.1, -0.05) is 0 Å². The maximum Gasteiger partial charge on any atom is 0.314 e. The molecule has 1 heterocycles. The Bertz CT molecular complexity index is 333.